The van der Waals surface area contributed by atoms with E-state index in [0.29, 0.717) is 10.0 Å². The molecule has 6 heteroatoms. The van der Waals surface area contributed by atoms with Gasteiger partial charge in [-0.1, -0.05) is 11.6 Å². The van der Waals surface area contributed by atoms with Gasteiger partial charge >= 0.3 is 6.03 Å². The molecule has 18 heavy (non-hydrogen) atoms. The topological polar surface area (TPSA) is 54.0 Å². The highest BCUT2D eigenvalue weighted by atomic mass is 35.5. The number of anilines is 1. The van der Waals surface area contributed by atoms with Crippen LogP contribution < -0.4 is 10.6 Å². The Morgan fingerprint density at radius 3 is 2.89 bits per heavy atom. The van der Waals surface area contributed by atoms with Gasteiger partial charge in [-0.05, 0) is 31.2 Å². The number of rotatable bonds is 3. The van der Waals surface area contributed by atoms with Crippen molar-refractivity contribution in [2.45, 2.75) is 13.0 Å². The lowest BCUT2D eigenvalue weighted by Crippen LogP contribution is -2.30. The van der Waals surface area contributed by atoms with Crippen molar-refractivity contribution in [3.05, 3.63) is 45.9 Å². The molecule has 0 radical (unpaired) electrons. The summed E-state index contributed by atoms with van der Waals surface area (Å²) in [6.45, 7) is 1.91. The minimum atomic E-state index is -0.264. The maximum atomic E-state index is 11.7. The predicted molar refractivity (Wildman–Crippen MR) is 74.1 cm³/mol. The summed E-state index contributed by atoms with van der Waals surface area (Å²) in [5, 5.41) is 5.54. The summed E-state index contributed by atoms with van der Waals surface area (Å²) >= 11 is 7.31. The number of carbonyl (C=O) groups is 1. The Balaban J connectivity index is 1.92. The van der Waals surface area contributed by atoms with Crippen LogP contribution in [0.4, 0.5) is 10.5 Å². The number of thiophene rings is 1. The van der Waals surface area contributed by atoms with Gasteiger partial charge in [0.2, 0.25) is 0 Å². The van der Waals surface area contributed by atoms with Crippen molar-refractivity contribution in [1.29, 1.82) is 0 Å². The molecule has 2 N–H and O–H groups in total. The number of amides is 2. The Morgan fingerprint density at radius 1 is 1.44 bits per heavy atom. The lowest BCUT2D eigenvalue weighted by molar-refractivity contribution is 0.249. The number of hydrogen-bond donors (Lipinski definition) is 2. The number of carbonyl (C=O) groups excluding carboxylic acids is 1. The lowest BCUT2D eigenvalue weighted by Gasteiger charge is -2.12. The van der Waals surface area contributed by atoms with Crippen LogP contribution in [0.25, 0.3) is 0 Å². The van der Waals surface area contributed by atoms with Crippen molar-refractivity contribution in [2.75, 3.05) is 5.32 Å². The molecule has 0 spiro atoms. The average molecular weight is 282 g/mol. The van der Waals surface area contributed by atoms with Crippen LogP contribution in [0.3, 0.4) is 0 Å². The highest BCUT2D eigenvalue weighted by Gasteiger charge is 2.11. The molecule has 0 saturated heterocycles. The second kappa shape index (κ2) is 5.84. The van der Waals surface area contributed by atoms with Gasteiger partial charge in [0.15, 0.2) is 0 Å². The summed E-state index contributed by atoms with van der Waals surface area (Å²) in [6.07, 6.45) is 3.24. The standard InChI is InChI=1S/C12H12ClN3OS/c1-8(10-4-5-11(13)18-10)15-12(17)16-9-3-2-6-14-7-9/h2-8H,1H3,(H2,15,16,17)/t8-/m1/s1. The minimum absolute atomic E-state index is 0.0841. The number of aromatic nitrogens is 1. The fourth-order valence-corrected chi connectivity index (χ4v) is 2.50. The number of nitrogens with zero attached hydrogens (tertiary/aromatic N) is 1. The molecule has 0 saturated carbocycles. The fourth-order valence-electron chi connectivity index (χ4n) is 1.43. The van der Waals surface area contributed by atoms with Gasteiger partial charge in [0.25, 0.3) is 0 Å². The normalized spacial score (nSPS) is 11.9. The van der Waals surface area contributed by atoms with Gasteiger partial charge in [-0.15, -0.1) is 11.3 Å². The third-order valence-electron chi connectivity index (χ3n) is 2.29. The molecule has 1 atom stereocenters. The van der Waals surface area contributed by atoms with E-state index in [-0.39, 0.29) is 12.1 Å². The molecular weight excluding hydrogens is 270 g/mol. The van der Waals surface area contributed by atoms with Gasteiger partial charge in [0.1, 0.15) is 0 Å². The Kier molecular flexibility index (Phi) is 4.17. The summed E-state index contributed by atoms with van der Waals surface area (Å²) in [5.41, 5.74) is 0.659. The van der Waals surface area contributed by atoms with E-state index in [0.717, 1.165) is 4.88 Å². The molecule has 0 aromatic carbocycles. The van der Waals surface area contributed by atoms with E-state index >= 15 is 0 Å². The van der Waals surface area contributed by atoms with Crippen LogP contribution >= 0.6 is 22.9 Å². The molecule has 2 rings (SSSR count). The molecule has 0 bridgehead atoms. The third-order valence-corrected chi connectivity index (χ3v) is 3.70. The van der Waals surface area contributed by atoms with Crippen molar-refractivity contribution < 1.29 is 4.79 Å². The monoisotopic (exact) mass is 281 g/mol. The van der Waals surface area contributed by atoms with E-state index in [9.17, 15) is 4.79 Å². The third kappa shape index (κ3) is 3.45. The van der Waals surface area contributed by atoms with Gasteiger partial charge in [-0.25, -0.2) is 4.79 Å². The molecule has 2 aromatic rings. The van der Waals surface area contributed by atoms with E-state index in [1.54, 1.807) is 24.5 Å². The molecule has 2 aromatic heterocycles. The number of urea groups is 1. The van der Waals surface area contributed by atoms with Crippen LogP contribution in [0, 0.1) is 0 Å². The second-order valence-electron chi connectivity index (χ2n) is 3.70. The zero-order valence-electron chi connectivity index (χ0n) is 9.68. The van der Waals surface area contributed by atoms with Gasteiger partial charge in [0.05, 0.1) is 22.3 Å². The maximum Gasteiger partial charge on any atom is 0.319 e. The largest absolute Gasteiger partial charge is 0.331 e. The van der Waals surface area contributed by atoms with E-state index in [2.05, 4.69) is 15.6 Å². The van der Waals surface area contributed by atoms with Crippen LogP contribution in [0.5, 0.6) is 0 Å². The molecule has 0 unspecified atom stereocenters. The van der Waals surface area contributed by atoms with Crippen LogP contribution in [0.15, 0.2) is 36.7 Å². The molecule has 4 nitrogen and oxygen atoms in total. The highest BCUT2D eigenvalue weighted by Crippen LogP contribution is 2.26. The van der Waals surface area contributed by atoms with Crippen LogP contribution in [-0.2, 0) is 0 Å². The first-order valence-electron chi connectivity index (χ1n) is 5.38. The number of nitrogens with one attached hydrogen (secondary N) is 2. The molecule has 94 valence electrons. The Morgan fingerprint density at radius 2 is 2.28 bits per heavy atom. The first kappa shape index (κ1) is 12.9. The average Bonchev–Trinajstić information content (AvgIpc) is 2.77. The van der Waals surface area contributed by atoms with Crippen molar-refractivity contribution in [2.24, 2.45) is 0 Å². The van der Waals surface area contributed by atoms with Crippen molar-refractivity contribution in [3.63, 3.8) is 0 Å². The summed E-state index contributed by atoms with van der Waals surface area (Å²) in [4.78, 5) is 16.7. The summed E-state index contributed by atoms with van der Waals surface area (Å²) in [7, 11) is 0. The smallest absolute Gasteiger partial charge is 0.319 e. The zero-order chi connectivity index (χ0) is 13.0. The first-order valence-corrected chi connectivity index (χ1v) is 6.57. The molecule has 0 aliphatic rings. The Labute approximate surface area is 114 Å². The van der Waals surface area contributed by atoms with Gasteiger partial charge in [-0.2, -0.15) is 0 Å². The van der Waals surface area contributed by atoms with Gasteiger partial charge in [-0.3, -0.25) is 4.98 Å². The van der Waals surface area contributed by atoms with E-state index < -0.39 is 0 Å². The number of pyridine rings is 1. The molecule has 0 aliphatic carbocycles. The van der Waals surface area contributed by atoms with Crippen molar-refractivity contribution >= 4 is 34.7 Å². The lowest BCUT2D eigenvalue weighted by atomic mass is 10.3. The second-order valence-corrected chi connectivity index (χ2v) is 5.45. The van der Waals surface area contributed by atoms with Crippen LogP contribution in [-0.4, -0.2) is 11.0 Å². The predicted octanol–water partition coefficient (Wildman–Crippen LogP) is 3.68. The molecule has 2 heterocycles. The van der Waals surface area contributed by atoms with Crippen LogP contribution in [0.2, 0.25) is 4.34 Å². The molecule has 0 fully saturated rings. The Bertz CT molecular complexity index is 529. The van der Waals surface area contributed by atoms with Gasteiger partial charge in [0, 0.05) is 11.1 Å². The van der Waals surface area contributed by atoms with E-state index in [1.807, 2.05) is 19.1 Å². The summed E-state index contributed by atoms with van der Waals surface area (Å²) in [5.74, 6) is 0. The maximum absolute atomic E-state index is 11.7. The molecule has 0 aliphatic heterocycles. The van der Waals surface area contributed by atoms with E-state index in [1.165, 1.54) is 11.3 Å². The quantitative estimate of drug-likeness (QED) is 0.902. The SMILES string of the molecule is C[C@@H](NC(=O)Nc1cccnc1)c1ccc(Cl)s1. The Hall–Kier alpha value is -1.59. The minimum Gasteiger partial charge on any atom is -0.331 e. The number of hydrogen-bond acceptors (Lipinski definition) is 3. The fraction of sp³-hybridized carbons (Fsp3) is 0.167. The van der Waals surface area contributed by atoms with Crippen LogP contribution in [0.1, 0.15) is 17.8 Å². The molecule has 2 amide bonds. The molecular formula is C12H12ClN3OS. The number of halogens is 1. The van der Waals surface area contributed by atoms with Crippen molar-refractivity contribution in [1.82, 2.24) is 10.3 Å². The van der Waals surface area contributed by atoms with Gasteiger partial charge < -0.3 is 10.6 Å². The first-order chi connectivity index (χ1) is 8.65. The zero-order valence-corrected chi connectivity index (χ0v) is 11.3. The highest BCUT2D eigenvalue weighted by molar-refractivity contribution is 7.16. The van der Waals surface area contributed by atoms with E-state index in [4.69, 9.17) is 11.6 Å². The van der Waals surface area contributed by atoms with Crippen molar-refractivity contribution in [3.8, 4) is 0 Å². The summed E-state index contributed by atoms with van der Waals surface area (Å²) in [6, 6.07) is 6.91. The summed E-state index contributed by atoms with van der Waals surface area (Å²) < 4.78 is 0.714.